The third kappa shape index (κ3) is 4.91. The lowest BCUT2D eigenvalue weighted by molar-refractivity contribution is 0.102. The fourth-order valence-corrected chi connectivity index (χ4v) is 6.92. The molecular weight excluding hydrogens is 505 g/mol. The van der Waals surface area contributed by atoms with Gasteiger partial charge in [-0.15, -0.1) is 0 Å². The predicted molar refractivity (Wildman–Crippen MR) is 131 cm³/mol. The third-order valence-corrected chi connectivity index (χ3v) is 8.73. The highest BCUT2D eigenvalue weighted by atomic mass is 35.5. The SMILES string of the molecule is O=C(Nc1ccc2c(c1)C(S(=O)(=O)c1cccc(Cl)c1)C[C@H](CO)C2)c1c(Cl)cccc1Cl. The summed E-state index contributed by atoms with van der Waals surface area (Å²) in [6.45, 7) is -0.121. The van der Waals surface area contributed by atoms with Crippen LogP contribution < -0.4 is 5.32 Å². The third-order valence-electron chi connectivity index (χ3n) is 5.75. The summed E-state index contributed by atoms with van der Waals surface area (Å²) in [6.07, 6.45) is 0.796. The van der Waals surface area contributed by atoms with Gasteiger partial charge in [-0.3, -0.25) is 4.79 Å². The van der Waals surface area contributed by atoms with Crippen LogP contribution in [0.3, 0.4) is 0 Å². The molecule has 9 heteroatoms. The summed E-state index contributed by atoms with van der Waals surface area (Å²) in [5, 5.41) is 12.4. The molecule has 0 heterocycles. The molecule has 0 saturated carbocycles. The van der Waals surface area contributed by atoms with Crippen LogP contribution in [0, 0.1) is 5.92 Å². The van der Waals surface area contributed by atoms with Gasteiger partial charge in [0.05, 0.1) is 25.8 Å². The van der Waals surface area contributed by atoms with Gasteiger partial charge in [0.25, 0.3) is 5.91 Å². The number of carbonyl (C=O) groups excluding carboxylic acids is 1. The first-order valence-corrected chi connectivity index (χ1v) is 12.9. The van der Waals surface area contributed by atoms with E-state index in [1.165, 1.54) is 12.1 Å². The van der Waals surface area contributed by atoms with E-state index in [1.54, 1.807) is 48.5 Å². The van der Waals surface area contributed by atoms with Crippen LogP contribution in [0.5, 0.6) is 0 Å². The Morgan fingerprint density at radius 2 is 1.70 bits per heavy atom. The van der Waals surface area contributed by atoms with Crippen molar-refractivity contribution in [2.24, 2.45) is 5.92 Å². The Kier molecular flexibility index (Phi) is 7.03. The van der Waals surface area contributed by atoms with Crippen LogP contribution in [-0.4, -0.2) is 26.0 Å². The normalized spacial score (nSPS) is 17.9. The van der Waals surface area contributed by atoms with E-state index < -0.39 is 21.0 Å². The molecular formula is C24H20Cl3NO4S. The number of benzene rings is 3. The standard InChI is InChI=1S/C24H20Cl3NO4S/c25-16-3-1-4-18(11-16)33(31,32)22-10-14(13-29)9-15-7-8-17(12-19(15)22)28-24(30)23-20(26)5-2-6-21(23)27/h1-8,11-12,14,22,29H,9-10,13H2,(H,28,30)/t14-,22?/m1/s1. The molecule has 3 aromatic rings. The number of nitrogens with one attached hydrogen (secondary N) is 1. The molecule has 1 amide bonds. The van der Waals surface area contributed by atoms with Crippen LogP contribution in [0.25, 0.3) is 0 Å². The quantitative estimate of drug-likeness (QED) is 0.431. The highest BCUT2D eigenvalue weighted by molar-refractivity contribution is 7.91. The van der Waals surface area contributed by atoms with E-state index in [0.717, 1.165) is 5.56 Å². The van der Waals surface area contributed by atoms with E-state index in [9.17, 15) is 18.3 Å². The average molecular weight is 525 g/mol. The minimum Gasteiger partial charge on any atom is -0.396 e. The topological polar surface area (TPSA) is 83.5 Å². The number of fused-ring (bicyclic) bond motifs is 1. The van der Waals surface area contributed by atoms with Crippen molar-refractivity contribution in [2.75, 3.05) is 11.9 Å². The molecule has 172 valence electrons. The number of hydrogen-bond donors (Lipinski definition) is 2. The van der Waals surface area contributed by atoms with Gasteiger partial charge in [-0.2, -0.15) is 0 Å². The Labute approximate surface area is 207 Å². The lowest BCUT2D eigenvalue weighted by atomic mass is 9.83. The van der Waals surface area contributed by atoms with Gasteiger partial charge in [-0.25, -0.2) is 8.42 Å². The Balaban J connectivity index is 1.73. The van der Waals surface area contributed by atoms with Crippen LogP contribution in [-0.2, 0) is 16.3 Å². The Bertz CT molecular complexity index is 1310. The van der Waals surface area contributed by atoms with Crippen LogP contribution in [0.2, 0.25) is 15.1 Å². The summed E-state index contributed by atoms with van der Waals surface area (Å²) < 4.78 is 27.1. The van der Waals surface area contributed by atoms with Crippen molar-refractivity contribution in [2.45, 2.75) is 23.0 Å². The zero-order valence-electron chi connectivity index (χ0n) is 17.3. The van der Waals surface area contributed by atoms with Crippen molar-refractivity contribution in [3.63, 3.8) is 0 Å². The maximum atomic E-state index is 13.5. The number of aliphatic hydroxyl groups is 1. The van der Waals surface area contributed by atoms with Gasteiger partial charge in [0.15, 0.2) is 9.84 Å². The molecule has 2 N–H and O–H groups in total. The van der Waals surface area contributed by atoms with Gasteiger partial charge in [-0.05, 0) is 72.4 Å². The predicted octanol–water partition coefficient (Wildman–Crippen LogP) is 5.97. The molecule has 4 rings (SSSR count). The summed E-state index contributed by atoms with van der Waals surface area (Å²) >= 11 is 18.3. The number of amides is 1. The second-order valence-corrected chi connectivity index (χ2v) is 11.3. The zero-order valence-corrected chi connectivity index (χ0v) is 20.3. The largest absolute Gasteiger partial charge is 0.396 e. The molecule has 0 aliphatic heterocycles. The summed E-state index contributed by atoms with van der Waals surface area (Å²) in [7, 11) is -3.80. The smallest absolute Gasteiger partial charge is 0.258 e. The minimum absolute atomic E-state index is 0.113. The molecule has 3 aromatic carbocycles. The van der Waals surface area contributed by atoms with E-state index in [-0.39, 0.29) is 39.4 Å². The van der Waals surface area contributed by atoms with E-state index in [1.807, 2.05) is 0 Å². The van der Waals surface area contributed by atoms with Gasteiger partial charge >= 0.3 is 0 Å². The van der Waals surface area contributed by atoms with Crippen LogP contribution in [0.1, 0.15) is 33.2 Å². The first kappa shape index (κ1) is 24.0. The maximum Gasteiger partial charge on any atom is 0.258 e. The van der Waals surface area contributed by atoms with Crippen molar-refractivity contribution in [3.05, 3.63) is 92.4 Å². The molecule has 1 unspecified atom stereocenters. The van der Waals surface area contributed by atoms with Crippen molar-refractivity contribution in [1.29, 1.82) is 0 Å². The number of aliphatic hydroxyl groups excluding tert-OH is 1. The first-order chi connectivity index (χ1) is 15.7. The molecule has 1 aliphatic carbocycles. The van der Waals surface area contributed by atoms with Crippen LogP contribution in [0.15, 0.2) is 65.6 Å². The number of halogens is 3. The van der Waals surface area contributed by atoms with E-state index in [4.69, 9.17) is 34.8 Å². The van der Waals surface area contributed by atoms with Gasteiger partial charge in [0.1, 0.15) is 0 Å². The second kappa shape index (κ2) is 9.65. The fourth-order valence-electron chi connectivity index (χ4n) is 4.13. The summed E-state index contributed by atoms with van der Waals surface area (Å²) in [6, 6.07) is 16.0. The molecule has 0 saturated heterocycles. The number of sulfone groups is 1. The number of anilines is 1. The molecule has 0 radical (unpaired) electrons. The fraction of sp³-hybridized carbons (Fsp3) is 0.208. The van der Waals surface area contributed by atoms with Crippen molar-refractivity contribution < 1.29 is 18.3 Å². The van der Waals surface area contributed by atoms with Crippen LogP contribution >= 0.6 is 34.8 Å². The average Bonchev–Trinajstić information content (AvgIpc) is 2.78. The van der Waals surface area contributed by atoms with E-state index in [0.29, 0.717) is 22.7 Å². The van der Waals surface area contributed by atoms with E-state index in [2.05, 4.69) is 5.32 Å². The highest BCUT2D eigenvalue weighted by Crippen LogP contribution is 2.42. The molecule has 1 aliphatic rings. The lowest BCUT2D eigenvalue weighted by Crippen LogP contribution is -2.27. The first-order valence-electron chi connectivity index (χ1n) is 10.2. The molecule has 0 spiro atoms. The van der Waals surface area contributed by atoms with Crippen molar-refractivity contribution in [3.8, 4) is 0 Å². The summed E-state index contributed by atoms with van der Waals surface area (Å²) in [4.78, 5) is 12.9. The second-order valence-electron chi connectivity index (χ2n) is 7.94. The molecule has 2 atom stereocenters. The van der Waals surface area contributed by atoms with Gasteiger partial charge in [-0.1, -0.05) is 53.0 Å². The Hall–Kier alpha value is -2.09. The molecule has 33 heavy (non-hydrogen) atoms. The maximum absolute atomic E-state index is 13.5. The zero-order chi connectivity index (χ0) is 23.8. The number of rotatable bonds is 5. The lowest BCUT2D eigenvalue weighted by Gasteiger charge is -2.31. The molecule has 0 aromatic heterocycles. The molecule has 0 bridgehead atoms. The van der Waals surface area contributed by atoms with Gasteiger partial charge in [0.2, 0.25) is 0 Å². The monoisotopic (exact) mass is 523 g/mol. The summed E-state index contributed by atoms with van der Waals surface area (Å²) in [5.41, 5.74) is 1.96. The Morgan fingerprint density at radius 1 is 1.00 bits per heavy atom. The number of hydrogen-bond acceptors (Lipinski definition) is 4. The van der Waals surface area contributed by atoms with Crippen molar-refractivity contribution >= 4 is 56.2 Å². The summed E-state index contributed by atoms with van der Waals surface area (Å²) in [5.74, 6) is -0.692. The van der Waals surface area contributed by atoms with Crippen molar-refractivity contribution in [1.82, 2.24) is 0 Å². The number of carbonyl (C=O) groups is 1. The molecule has 0 fully saturated rings. The minimum atomic E-state index is -3.80. The van der Waals surface area contributed by atoms with Crippen LogP contribution in [0.4, 0.5) is 5.69 Å². The highest BCUT2D eigenvalue weighted by Gasteiger charge is 2.37. The Morgan fingerprint density at radius 3 is 2.36 bits per heavy atom. The molecule has 5 nitrogen and oxygen atoms in total. The van der Waals surface area contributed by atoms with Gasteiger partial charge < -0.3 is 10.4 Å². The van der Waals surface area contributed by atoms with E-state index >= 15 is 0 Å². The van der Waals surface area contributed by atoms with Gasteiger partial charge in [0, 0.05) is 17.3 Å².